The minimum absolute atomic E-state index is 0.164. The number of halogens is 1. The largest absolute Gasteiger partial charge is 0.366 e. The summed E-state index contributed by atoms with van der Waals surface area (Å²) in [6.45, 7) is 4.81. The maximum absolute atomic E-state index is 12.7. The van der Waals surface area contributed by atoms with E-state index in [-0.39, 0.29) is 5.78 Å². The molecule has 0 aliphatic heterocycles. The highest BCUT2D eigenvalue weighted by Gasteiger charge is 2.27. The van der Waals surface area contributed by atoms with Crippen molar-refractivity contribution in [2.75, 3.05) is 6.61 Å². The van der Waals surface area contributed by atoms with Gasteiger partial charge in [-0.15, -0.1) is 0 Å². The molecule has 1 aromatic heterocycles. The van der Waals surface area contributed by atoms with Gasteiger partial charge in [-0.1, -0.05) is 41.9 Å². The third kappa shape index (κ3) is 2.92. The quantitative estimate of drug-likeness (QED) is 0.765. The van der Waals surface area contributed by atoms with Crippen LogP contribution >= 0.6 is 11.6 Å². The Morgan fingerprint density at radius 1 is 1.35 bits per heavy atom. The van der Waals surface area contributed by atoms with Crippen molar-refractivity contribution in [3.8, 4) is 0 Å². The Balaban J connectivity index is 2.39. The minimum Gasteiger partial charge on any atom is -0.366 e. The number of hydrogen-bond acceptors (Lipinski definition) is 3. The van der Waals surface area contributed by atoms with Gasteiger partial charge in [-0.25, -0.2) is 0 Å². The Hall–Kier alpha value is -1.65. The molecule has 5 heteroatoms. The number of ether oxygens (including phenoxy) is 1. The van der Waals surface area contributed by atoms with E-state index in [0.717, 1.165) is 5.56 Å². The van der Waals surface area contributed by atoms with Crippen molar-refractivity contribution < 1.29 is 9.53 Å². The molecule has 0 spiro atoms. The van der Waals surface area contributed by atoms with E-state index in [1.54, 1.807) is 4.68 Å². The monoisotopic (exact) mass is 292 g/mol. The van der Waals surface area contributed by atoms with Gasteiger partial charge in [0.1, 0.15) is 11.8 Å². The molecule has 106 valence electrons. The SMILES string of the molecule is CCOC(C(=O)c1c(Cl)cnn1CC)c1ccccc1. The second kappa shape index (κ2) is 6.68. The molecule has 1 unspecified atom stereocenters. The van der Waals surface area contributed by atoms with Crippen LogP contribution in [0.2, 0.25) is 5.02 Å². The molecule has 2 rings (SSSR count). The first-order valence-corrected chi connectivity index (χ1v) is 6.98. The summed E-state index contributed by atoms with van der Waals surface area (Å²) in [5.74, 6) is -0.164. The van der Waals surface area contributed by atoms with Gasteiger partial charge < -0.3 is 4.74 Å². The van der Waals surface area contributed by atoms with Crippen LogP contribution in [0.3, 0.4) is 0 Å². The van der Waals surface area contributed by atoms with Gasteiger partial charge in [-0.05, 0) is 19.4 Å². The maximum atomic E-state index is 12.7. The van der Waals surface area contributed by atoms with Crippen LogP contribution in [0.1, 0.15) is 36.0 Å². The molecule has 2 aromatic rings. The number of carbonyl (C=O) groups is 1. The van der Waals surface area contributed by atoms with E-state index in [1.807, 2.05) is 44.2 Å². The van der Waals surface area contributed by atoms with Crippen molar-refractivity contribution >= 4 is 17.4 Å². The summed E-state index contributed by atoms with van der Waals surface area (Å²) in [5, 5.41) is 4.46. The molecule has 0 fully saturated rings. The molecule has 4 nitrogen and oxygen atoms in total. The molecule has 0 radical (unpaired) electrons. The van der Waals surface area contributed by atoms with Crippen molar-refractivity contribution in [3.63, 3.8) is 0 Å². The van der Waals surface area contributed by atoms with E-state index in [4.69, 9.17) is 16.3 Å². The second-order valence-electron chi connectivity index (χ2n) is 4.27. The zero-order valence-electron chi connectivity index (χ0n) is 11.5. The van der Waals surface area contributed by atoms with Crippen LogP contribution in [-0.4, -0.2) is 22.2 Å². The zero-order chi connectivity index (χ0) is 14.5. The molecule has 0 bridgehead atoms. The van der Waals surface area contributed by atoms with Gasteiger partial charge in [0.2, 0.25) is 5.78 Å². The Morgan fingerprint density at radius 3 is 2.65 bits per heavy atom. The molecule has 0 N–H and O–H groups in total. The van der Waals surface area contributed by atoms with E-state index in [2.05, 4.69) is 5.10 Å². The van der Waals surface area contributed by atoms with E-state index in [1.165, 1.54) is 6.20 Å². The minimum atomic E-state index is -0.652. The lowest BCUT2D eigenvalue weighted by Crippen LogP contribution is -2.20. The highest BCUT2D eigenvalue weighted by atomic mass is 35.5. The summed E-state index contributed by atoms with van der Waals surface area (Å²) in [5.41, 5.74) is 1.22. The second-order valence-corrected chi connectivity index (χ2v) is 4.67. The first-order valence-electron chi connectivity index (χ1n) is 6.61. The van der Waals surface area contributed by atoms with Crippen molar-refractivity contribution in [2.45, 2.75) is 26.5 Å². The number of Topliss-reactive ketones (excluding diaryl/α,β-unsaturated/α-hetero) is 1. The number of aromatic nitrogens is 2. The summed E-state index contributed by atoms with van der Waals surface area (Å²) < 4.78 is 7.22. The van der Waals surface area contributed by atoms with Gasteiger partial charge in [-0.2, -0.15) is 5.10 Å². The topological polar surface area (TPSA) is 44.1 Å². The Kier molecular flexibility index (Phi) is 4.93. The number of hydrogen-bond donors (Lipinski definition) is 0. The van der Waals surface area contributed by atoms with Gasteiger partial charge in [0, 0.05) is 13.2 Å². The fourth-order valence-corrected chi connectivity index (χ4v) is 2.32. The number of carbonyl (C=O) groups excluding carboxylic acids is 1. The summed E-state index contributed by atoms with van der Waals surface area (Å²) >= 11 is 6.09. The van der Waals surface area contributed by atoms with Crippen LogP contribution in [0.25, 0.3) is 0 Å². The molecule has 0 aliphatic carbocycles. The number of benzene rings is 1. The van der Waals surface area contributed by atoms with Crippen LogP contribution in [0.4, 0.5) is 0 Å². The fraction of sp³-hybridized carbons (Fsp3) is 0.333. The van der Waals surface area contributed by atoms with Crippen LogP contribution < -0.4 is 0 Å². The van der Waals surface area contributed by atoms with Crippen LogP contribution in [0.15, 0.2) is 36.5 Å². The number of nitrogens with zero attached hydrogens (tertiary/aromatic N) is 2. The maximum Gasteiger partial charge on any atom is 0.215 e. The molecule has 0 saturated carbocycles. The molecule has 0 saturated heterocycles. The number of aryl methyl sites for hydroxylation is 1. The summed E-state index contributed by atoms with van der Waals surface area (Å²) in [6.07, 6.45) is 0.840. The number of rotatable bonds is 6. The summed E-state index contributed by atoms with van der Waals surface area (Å²) in [7, 11) is 0. The fourth-order valence-electron chi connectivity index (χ4n) is 2.09. The van der Waals surface area contributed by atoms with Gasteiger partial charge in [0.15, 0.2) is 0 Å². The summed E-state index contributed by atoms with van der Waals surface area (Å²) in [6, 6.07) is 9.42. The molecule has 20 heavy (non-hydrogen) atoms. The van der Waals surface area contributed by atoms with Crippen molar-refractivity contribution in [3.05, 3.63) is 52.8 Å². The van der Waals surface area contributed by atoms with Crippen molar-refractivity contribution in [2.24, 2.45) is 0 Å². The third-order valence-electron chi connectivity index (χ3n) is 3.00. The molecule has 0 aliphatic rings. The standard InChI is InChI=1S/C15H17ClN2O2/c1-3-18-13(12(16)10-17-18)14(19)15(20-4-2)11-8-6-5-7-9-11/h5-10,15H,3-4H2,1-2H3. The zero-order valence-corrected chi connectivity index (χ0v) is 12.3. The lowest BCUT2D eigenvalue weighted by Gasteiger charge is -2.17. The van der Waals surface area contributed by atoms with Crippen molar-refractivity contribution in [1.82, 2.24) is 9.78 Å². The average Bonchev–Trinajstić information content (AvgIpc) is 2.86. The Bertz CT molecular complexity index is 581. The van der Waals surface area contributed by atoms with E-state index >= 15 is 0 Å². The Morgan fingerprint density at radius 2 is 2.05 bits per heavy atom. The summed E-state index contributed by atoms with van der Waals surface area (Å²) in [4.78, 5) is 12.7. The van der Waals surface area contributed by atoms with E-state index in [9.17, 15) is 4.79 Å². The third-order valence-corrected chi connectivity index (χ3v) is 3.28. The highest BCUT2D eigenvalue weighted by Crippen LogP contribution is 2.26. The molecule has 0 amide bonds. The van der Waals surface area contributed by atoms with Crippen LogP contribution in [0, 0.1) is 0 Å². The average molecular weight is 293 g/mol. The smallest absolute Gasteiger partial charge is 0.215 e. The predicted molar refractivity (Wildman–Crippen MR) is 78.1 cm³/mol. The molecule has 1 aromatic carbocycles. The lowest BCUT2D eigenvalue weighted by molar-refractivity contribution is 0.0443. The van der Waals surface area contributed by atoms with Crippen LogP contribution in [0.5, 0.6) is 0 Å². The predicted octanol–water partition coefficient (Wildman–Crippen LogP) is 3.52. The van der Waals surface area contributed by atoms with Gasteiger partial charge in [0.25, 0.3) is 0 Å². The molecular formula is C15H17ClN2O2. The van der Waals surface area contributed by atoms with Crippen LogP contribution in [-0.2, 0) is 11.3 Å². The van der Waals surface area contributed by atoms with Crippen molar-refractivity contribution in [1.29, 1.82) is 0 Å². The molecular weight excluding hydrogens is 276 g/mol. The van der Waals surface area contributed by atoms with Gasteiger partial charge in [-0.3, -0.25) is 9.48 Å². The Labute approximate surface area is 123 Å². The van der Waals surface area contributed by atoms with Gasteiger partial charge in [0.05, 0.1) is 11.2 Å². The van der Waals surface area contributed by atoms with E-state index in [0.29, 0.717) is 23.9 Å². The van der Waals surface area contributed by atoms with Gasteiger partial charge >= 0.3 is 0 Å². The normalized spacial score (nSPS) is 12.3. The first kappa shape index (κ1) is 14.8. The number of ketones is 1. The molecule has 1 heterocycles. The first-order chi connectivity index (χ1) is 9.69. The highest BCUT2D eigenvalue weighted by molar-refractivity contribution is 6.33. The van der Waals surface area contributed by atoms with E-state index < -0.39 is 6.10 Å². The molecule has 1 atom stereocenters. The lowest BCUT2D eigenvalue weighted by atomic mass is 10.0.